The number of hydrogen-bond donors (Lipinski definition) is 0. The molecule has 0 saturated carbocycles. The molecule has 1 aromatic carbocycles. The molecule has 0 aliphatic carbocycles. The number of nitrogens with zero attached hydrogens (tertiary/aromatic N) is 1. The molecule has 1 heterocycles. The number of aryl methyl sites for hydroxylation is 1. The van der Waals surface area contributed by atoms with Crippen molar-refractivity contribution in [2.75, 3.05) is 0 Å². The number of benzene rings is 1. The van der Waals surface area contributed by atoms with Gasteiger partial charge in [-0.2, -0.15) is 0 Å². The van der Waals surface area contributed by atoms with E-state index in [1.54, 1.807) is 0 Å². The van der Waals surface area contributed by atoms with Crippen LogP contribution < -0.4 is 0 Å². The van der Waals surface area contributed by atoms with Gasteiger partial charge in [-0.1, -0.05) is 35.3 Å². The number of allylic oxidation sites excluding steroid dienone is 1. The zero-order chi connectivity index (χ0) is 10.8. The molecule has 1 nitrogen and oxygen atoms in total. The van der Waals surface area contributed by atoms with Gasteiger partial charge in [0.05, 0.1) is 6.54 Å². The Hall–Kier alpha value is -0.920. The first kappa shape index (κ1) is 10.6. The van der Waals surface area contributed by atoms with Crippen molar-refractivity contribution in [2.24, 2.45) is 0 Å². The standard InChI is InChI=1S/C12H11Cl2N/c1-9-3-2-4-12-11(9)5-6-15(12)8-10(14)7-13/h2-7H,8H2,1H3/b10-7-. The van der Waals surface area contributed by atoms with Gasteiger partial charge in [-0.05, 0) is 24.6 Å². The molecule has 0 spiro atoms. The van der Waals surface area contributed by atoms with E-state index in [1.165, 1.54) is 22.0 Å². The van der Waals surface area contributed by atoms with Crippen molar-refractivity contribution in [1.29, 1.82) is 0 Å². The van der Waals surface area contributed by atoms with E-state index in [2.05, 4.69) is 29.7 Å². The van der Waals surface area contributed by atoms with Crippen LogP contribution in [0.4, 0.5) is 0 Å². The highest BCUT2D eigenvalue weighted by atomic mass is 35.5. The maximum atomic E-state index is 5.91. The summed E-state index contributed by atoms with van der Waals surface area (Å²) in [6.07, 6.45) is 2.03. The quantitative estimate of drug-likeness (QED) is 0.738. The maximum absolute atomic E-state index is 5.91. The Labute approximate surface area is 98.9 Å². The summed E-state index contributed by atoms with van der Waals surface area (Å²) in [4.78, 5) is 0. The predicted octanol–water partition coefficient (Wildman–Crippen LogP) is 4.27. The Morgan fingerprint density at radius 3 is 2.93 bits per heavy atom. The summed E-state index contributed by atoms with van der Waals surface area (Å²) >= 11 is 11.4. The topological polar surface area (TPSA) is 4.93 Å². The third-order valence-electron chi connectivity index (χ3n) is 2.47. The molecule has 0 saturated heterocycles. The number of fused-ring (bicyclic) bond motifs is 1. The zero-order valence-electron chi connectivity index (χ0n) is 8.37. The van der Waals surface area contributed by atoms with Crippen LogP contribution in [0, 0.1) is 6.92 Å². The average molecular weight is 240 g/mol. The summed E-state index contributed by atoms with van der Waals surface area (Å²) in [5.74, 6) is 0. The van der Waals surface area contributed by atoms with E-state index in [4.69, 9.17) is 23.2 Å². The van der Waals surface area contributed by atoms with Crippen LogP contribution in [0.1, 0.15) is 5.56 Å². The van der Waals surface area contributed by atoms with E-state index in [1.807, 2.05) is 12.3 Å². The molecule has 0 N–H and O–H groups in total. The molecule has 2 aromatic rings. The summed E-state index contributed by atoms with van der Waals surface area (Å²) < 4.78 is 2.09. The Bertz CT molecular complexity index is 511. The molecule has 15 heavy (non-hydrogen) atoms. The number of rotatable bonds is 2. The minimum absolute atomic E-state index is 0.623. The van der Waals surface area contributed by atoms with Crippen molar-refractivity contribution >= 4 is 34.1 Å². The second-order valence-corrected chi connectivity index (χ2v) is 4.21. The number of hydrogen-bond acceptors (Lipinski definition) is 0. The molecule has 1 aromatic heterocycles. The van der Waals surface area contributed by atoms with Gasteiger partial charge in [0.25, 0.3) is 0 Å². The highest BCUT2D eigenvalue weighted by Gasteiger charge is 2.03. The summed E-state index contributed by atoms with van der Waals surface area (Å²) in [6.45, 7) is 2.73. The van der Waals surface area contributed by atoms with Gasteiger partial charge >= 0.3 is 0 Å². The van der Waals surface area contributed by atoms with E-state index in [0.29, 0.717) is 11.6 Å². The lowest BCUT2D eigenvalue weighted by atomic mass is 10.1. The Balaban J connectivity index is 2.50. The molecule has 0 radical (unpaired) electrons. The van der Waals surface area contributed by atoms with Crippen LogP contribution in [0.25, 0.3) is 10.9 Å². The van der Waals surface area contributed by atoms with Crippen LogP contribution in [-0.4, -0.2) is 4.57 Å². The fraction of sp³-hybridized carbons (Fsp3) is 0.167. The fourth-order valence-corrected chi connectivity index (χ4v) is 1.91. The van der Waals surface area contributed by atoms with Gasteiger partial charge in [-0.25, -0.2) is 0 Å². The normalized spacial score (nSPS) is 12.3. The first-order valence-corrected chi connectivity index (χ1v) is 5.53. The summed E-state index contributed by atoms with van der Waals surface area (Å²) in [7, 11) is 0. The van der Waals surface area contributed by atoms with E-state index < -0.39 is 0 Å². The molecule has 0 aliphatic rings. The van der Waals surface area contributed by atoms with Crippen molar-refractivity contribution in [2.45, 2.75) is 13.5 Å². The second kappa shape index (κ2) is 4.30. The van der Waals surface area contributed by atoms with Crippen LogP contribution in [0.2, 0.25) is 0 Å². The third-order valence-corrected chi connectivity index (χ3v) is 3.08. The first-order valence-electron chi connectivity index (χ1n) is 4.71. The molecule has 78 valence electrons. The lowest BCUT2D eigenvalue weighted by Gasteiger charge is -2.04. The van der Waals surface area contributed by atoms with E-state index in [-0.39, 0.29) is 0 Å². The molecule has 0 fully saturated rings. The van der Waals surface area contributed by atoms with Crippen molar-refractivity contribution in [3.63, 3.8) is 0 Å². The second-order valence-electron chi connectivity index (χ2n) is 3.51. The first-order chi connectivity index (χ1) is 7.22. The molecule has 0 aliphatic heterocycles. The predicted molar refractivity (Wildman–Crippen MR) is 66.5 cm³/mol. The summed E-state index contributed by atoms with van der Waals surface area (Å²) in [6, 6.07) is 8.34. The SMILES string of the molecule is Cc1cccc2c1ccn2C/C(Cl)=C/Cl. The molecule has 0 unspecified atom stereocenters. The summed E-state index contributed by atoms with van der Waals surface area (Å²) in [5.41, 5.74) is 3.87. The Morgan fingerprint density at radius 1 is 1.40 bits per heavy atom. The molecule has 2 rings (SSSR count). The van der Waals surface area contributed by atoms with Crippen LogP contribution in [0.3, 0.4) is 0 Å². The smallest absolute Gasteiger partial charge is 0.0592 e. The van der Waals surface area contributed by atoms with Gasteiger partial charge in [0.1, 0.15) is 0 Å². The van der Waals surface area contributed by atoms with Gasteiger partial charge in [0, 0.05) is 27.7 Å². The fourth-order valence-electron chi connectivity index (χ4n) is 1.71. The maximum Gasteiger partial charge on any atom is 0.0592 e. The van der Waals surface area contributed by atoms with Crippen molar-refractivity contribution in [3.8, 4) is 0 Å². The zero-order valence-corrected chi connectivity index (χ0v) is 9.89. The lowest BCUT2D eigenvalue weighted by molar-refractivity contribution is 0.852. The Morgan fingerprint density at radius 2 is 2.20 bits per heavy atom. The average Bonchev–Trinajstić information content (AvgIpc) is 2.63. The molecule has 0 bridgehead atoms. The van der Waals surface area contributed by atoms with E-state index in [9.17, 15) is 0 Å². The third kappa shape index (κ3) is 2.04. The highest BCUT2D eigenvalue weighted by molar-refractivity contribution is 6.36. The van der Waals surface area contributed by atoms with Gasteiger partial charge in [-0.3, -0.25) is 0 Å². The minimum atomic E-state index is 0.623. The van der Waals surface area contributed by atoms with Gasteiger partial charge in [0.2, 0.25) is 0 Å². The molecule has 3 heteroatoms. The lowest BCUT2D eigenvalue weighted by Crippen LogP contribution is -1.95. The molecule has 0 amide bonds. The number of aromatic nitrogens is 1. The van der Waals surface area contributed by atoms with Gasteiger partial charge in [-0.15, -0.1) is 0 Å². The van der Waals surface area contributed by atoms with E-state index in [0.717, 1.165) is 0 Å². The van der Waals surface area contributed by atoms with Gasteiger partial charge in [0.15, 0.2) is 0 Å². The molecule has 0 atom stereocenters. The minimum Gasteiger partial charge on any atom is -0.342 e. The van der Waals surface area contributed by atoms with Crippen LogP contribution >= 0.6 is 23.2 Å². The monoisotopic (exact) mass is 239 g/mol. The van der Waals surface area contributed by atoms with E-state index >= 15 is 0 Å². The molecular weight excluding hydrogens is 229 g/mol. The molecular formula is C12H11Cl2N. The van der Waals surface area contributed by atoms with Gasteiger partial charge < -0.3 is 4.57 Å². The largest absolute Gasteiger partial charge is 0.342 e. The van der Waals surface area contributed by atoms with Crippen LogP contribution in [-0.2, 0) is 6.54 Å². The highest BCUT2D eigenvalue weighted by Crippen LogP contribution is 2.21. The van der Waals surface area contributed by atoms with Crippen molar-refractivity contribution in [3.05, 3.63) is 46.6 Å². The Kier molecular flexibility index (Phi) is 3.03. The number of halogens is 2. The van der Waals surface area contributed by atoms with Crippen LogP contribution in [0.15, 0.2) is 41.0 Å². The summed E-state index contributed by atoms with van der Waals surface area (Å²) in [5, 5.41) is 1.90. The van der Waals surface area contributed by atoms with Crippen molar-refractivity contribution < 1.29 is 0 Å². The van der Waals surface area contributed by atoms with Crippen molar-refractivity contribution in [1.82, 2.24) is 4.57 Å². The van der Waals surface area contributed by atoms with Crippen LogP contribution in [0.5, 0.6) is 0 Å².